The fourth-order valence-corrected chi connectivity index (χ4v) is 4.67. The van der Waals surface area contributed by atoms with Crippen molar-refractivity contribution in [3.63, 3.8) is 0 Å². The lowest BCUT2D eigenvalue weighted by atomic mass is 9.89. The highest BCUT2D eigenvalue weighted by atomic mass is 32.2. The molecular weight excluding hydrogens is 356 g/mol. The third kappa shape index (κ3) is 3.68. The molecule has 3 aromatic carbocycles. The van der Waals surface area contributed by atoms with Crippen molar-refractivity contribution in [3.05, 3.63) is 101 Å². The van der Waals surface area contributed by atoms with E-state index in [4.69, 9.17) is 4.18 Å². The predicted octanol–water partition coefficient (Wildman–Crippen LogP) is 4.63. The van der Waals surface area contributed by atoms with E-state index in [9.17, 15) is 8.42 Å². The molecule has 0 aliphatic heterocycles. The van der Waals surface area contributed by atoms with Gasteiger partial charge < -0.3 is 0 Å². The second-order valence-electron chi connectivity index (χ2n) is 7.00. The normalized spacial score (nSPS) is 14.3. The summed E-state index contributed by atoms with van der Waals surface area (Å²) in [5.74, 6) is -0.0971. The molecule has 0 saturated heterocycles. The number of benzene rings is 3. The van der Waals surface area contributed by atoms with E-state index >= 15 is 0 Å². The van der Waals surface area contributed by atoms with Gasteiger partial charge in [-0.25, -0.2) is 0 Å². The average molecular weight is 378 g/mol. The zero-order chi connectivity index (χ0) is 18.9. The number of aryl methyl sites for hydroxylation is 3. The smallest absolute Gasteiger partial charge is 0.265 e. The van der Waals surface area contributed by atoms with E-state index in [0.717, 1.165) is 29.5 Å². The summed E-state index contributed by atoms with van der Waals surface area (Å²) in [5.41, 5.74) is 5.84. The maximum Gasteiger partial charge on any atom is 0.297 e. The van der Waals surface area contributed by atoms with Crippen LogP contribution in [0.3, 0.4) is 0 Å². The molecule has 0 amide bonds. The van der Waals surface area contributed by atoms with E-state index in [-0.39, 0.29) is 17.4 Å². The Balaban J connectivity index is 1.68. The molecule has 0 radical (unpaired) electrons. The van der Waals surface area contributed by atoms with E-state index < -0.39 is 10.1 Å². The topological polar surface area (TPSA) is 43.4 Å². The zero-order valence-electron chi connectivity index (χ0n) is 15.3. The van der Waals surface area contributed by atoms with Gasteiger partial charge in [-0.1, -0.05) is 66.2 Å². The fourth-order valence-electron chi connectivity index (χ4n) is 3.75. The molecule has 0 N–H and O–H groups in total. The number of fused-ring (bicyclic) bond motifs is 2. The standard InChI is InChI=1S/C23H22O3S/c1-17-10-14-20(15-11-17)27(24,25)26-16-23-21-8-4-2-6-18(21)12-13-19-7-3-5-9-22(19)23/h2-11,14-15,23H,12-13,16H2,1H3. The van der Waals surface area contributed by atoms with Gasteiger partial charge in [-0.15, -0.1) is 0 Å². The Labute approximate surface area is 160 Å². The number of rotatable bonds is 4. The summed E-state index contributed by atoms with van der Waals surface area (Å²) < 4.78 is 30.9. The summed E-state index contributed by atoms with van der Waals surface area (Å²) in [7, 11) is -3.79. The summed E-state index contributed by atoms with van der Waals surface area (Å²) >= 11 is 0. The second kappa shape index (κ2) is 7.29. The van der Waals surface area contributed by atoms with Gasteiger partial charge in [-0.05, 0) is 54.2 Å². The summed E-state index contributed by atoms with van der Waals surface area (Å²) in [6.07, 6.45) is 1.91. The largest absolute Gasteiger partial charge is 0.297 e. The van der Waals surface area contributed by atoms with Gasteiger partial charge in [0.15, 0.2) is 0 Å². The number of hydrogen-bond acceptors (Lipinski definition) is 3. The predicted molar refractivity (Wildman–Crippen MR) is 106 cm³/mol. The molecule has 27 heavy (non-hydrogen) atoms. The molecule has 0 heterocycles. The van der Waals surface area contributed by atoms with Gasteiger partial charge in [0.05, 0.1) is 11.5 Å². The Morgan fingerprint density at radius 3 is 1.89 bits per heavy atom. The summed E-state index contributed by atoms with van der Waals surface area (Å²) in [6.45, 7) is 2.03. The van der Waals surface area contributed by atoms with Crippen LogP contribution in [0.25, 0.3) is 0 Å². The average Bonchev–Trinajstić information content (AvgIpc) is 2.84. The summed E-state index contributed by atoms with van der Waals surface area (Å²) in [4.78, 5) is 0.197. The van der Waals surface area contributed by atoms with Crippen LogP contribution in [0.1, 0.15) is 33.7 Å². The van der Waals surface area contributed by atoms with Gasteiger partial charge in [0.1, 0.15) is 0 Å². The van der Waals surface area contributed by atoms with Crippen molar-refractivity contribution in [1.82, 2.24) is 0 Å². The lowest BCUT2D eigenvalue weighted by Gasteiger charge is -2.20. The third-order valence-electron chi connectivity index (χ3n) is 5.22. The minimum Gasteiger partial charge on any atom is -0.265 e. The SMILES string of the molecule is Cc1ccc(S(=O)(=O)OCC2c3ccccc3CCc3ccccc32)cc1. The first-order valence-corrected chi connectivity index (χ1v) is 10.6. The fraction of sp³-hybridized carbons (Fsp3) is 0.217. The molecule has 0 aromatic heterocycles. The van der Waals surface area contributed by atoms with Gasteiger partial charge in [0.25, 0.3) is 10.1 Å². The molecule has 3 nitrogen and oxygen atoms in total. The molecule has 0 unspecified atom stereocenters. The van der Waals surface area contributed by atoms with Crippen LogP contribution in [0.5, 0.6) is 0 Å². The Kier molecular flexibility index (Phi) is 4.85. The van der Waals surface area contributed by atoms with Gasteiger partial charge in [0.2, 0.25) is 0 Å². The van der Waals surface area contributed by atoms with Crippen LogP contribution < -0.4 is 0 Å². The highest BCUT2D eigenvalue weighted by Gasteiger charge is 2.26. The van der Waals surface area contributed by atoms with Gasteiger partial charge in [-0.3, -0.25) is 4.18 Å². The van der Waals surface area contributed by atoms with Crippen molar-refractivity contribution in [2.24, 2.45) is 0 Å². The highest BCUT2D eigenvalue weighted by molar-refractivity contribution is 7.86. The molecule has 4 heteroatoms. The van der Waals surface area contributed by atoms with Crippen molar-refractivity contribution in [2.75, 3.05) is 6.61 Å². The molecule has 1 aliphatic rings. The molecule has 0 atom stereocenters. The molecule has 0 bridgehead atoms. The lowest BCUT2D eigenvalue weighted by molar-refractivity contribution is 0.305. The Morgan fingerprint density at radius 2 is 1.33 bits per heavy atom. The van der Waals surface area contributed by atoms with E-state index in [2.05, 4.69) is 24.3 Å². The van der Waals surface area contributed by atoms with E-state index in [1.54, 1.807) is 24.3 Å². The van der Waals surface area contributed by atoms with Crippen LogP contribution in [0, 0.1) is 6.92 Å². The monoisotopic (exact) mass is 378 g/mol. The van der Waals surface area contributed by atoms with Crippen molar-refractivity contribution >= 4 is 10.1 Å². The zero-order valence-corrected chi connectivity index (χ0v) is 16.1. The molecule has 0 fully saturated rings. The van der Waals surface area contributed by atoms with Crippen LogP contribution in [0.2, 0.25) is 0 Å². The molecule has 4 rings (SSSR count). The van der Waals surface area contributed by atoms with Crippen molar-refractivity contribution in [2.45, 2.75) is 30.6 Å². The maximum atomic E-state index is 12.7. The minimum atomic E-state index is -3.79. The molecule has 0 spiro atoms. The van der Waals surface area contributed by atoms with E-state index in [0.29, 0.717) is 0 Å². The quantitative estimate of drug-likeness (QED) is 0.622. The second-order valence-corrected chi connectivity index (χ2v) is 8.62. The summed E-state index contributed by atoms with van der Waals surface area (Å²) in [5, 5.41) is 0. The lowest BCUT2D eigenvalue weighted by Crippen LogP contribution is -2.16. The molecular formula is C23H22O3S. The third-order valence-corrected chi connectivity index (χ3v) is 6.52. The Bertz CT molecular complexity index is 1010. The van der Waals surface area contributed by atoms with Crippen LogP contribution in [0.15, 0.2) is 77.7 Å². The van der Waals surface area contributed by atoms with E-state index in [1.807, 2.05) is 31.2 Å². The first-order valence-electron chi connectivity index (χ1n) is 9.16. The van der Waals surface area contributed by atoms with Crippen LogP contribution in [0.4, 0.5) is 0 Å². The van der Waals surface area contributed by atoms with Crippen LogP contribution >= 0.6 is 0 Å². The summed E-state index contributed by atoms with van der Waals surface area (Å²) in [6, 6.07) is 23.3. The van der Waals surface area contributed by atoms with Crippen molar-refractivity contribution < 1.29 is 12.6 Å². The van der Waals surface area contributed by atoms with Gasteiger partial charge >= 0.3 is 0 Å². The Morgan fingerprint density at radius 1 is 0.815 bits per heavy atom. The Hall–Kier alpha value is -2.43. The first-order chi connectivity index (χ1) is 13.0. The van der Waals surface area contributed by atoms with Gasteiger partial charge in [0, 0.05) is 5.92 Å². The molecule has 1 aliphatic carbocycles. The van der Waals surface area contributed by atoms with E-state index in [1.165, 1.54) is 11.1 Å². The molecule has 0 saturated carbocycles. The maximum absolute atomic E-state index is 12.7. The van der Waals surface area contributed by atoms with Crippen molar-refractivity contribution in [3.8, 4) is 0 Å². The molecule has 3 aromatic rings. The van der Waals surface area contributed by atoms with Crippen LogP contribution in [-0.2, 0) is 27.1 Å². The van der Waals surface area contributed by atoms with Gasteiger partial charge in [-0.2, -0.15) is 8.42 Å². The minimum absolute atomic E-state index is 0.0971. The first kappa shape index (κ1) is 18.0. The highest BCUT2D eigenvalue weighted by Crippen LogP contribution is 2.35. The number of hydrogen-bond donors (Lipinski definition) is 0. The molecule has 138 valence electrons. The van der Waals surface area contributed by atoms with Crippen molar-refractivity contribution in [1.29, 1.82) is 0 Å². The van der Waals surface area contributed by atoms with Crippen LogP contribution in [-0.4, -0.2) is 15.0 Å².